The highest BCUT2D eigenvalue weighted by molar-refractivity contribution is 5.93. The molecule has 2 aromatic rings. The van der Waals surface area contributed by atoms with Crippen LogP contribution in [0.5, 0.6) is 0 Å². The first-order valence-corrected chi connectivity index (χ1v) is 9.55. The average molecular weight is 401 g/mol. The van der Waals surface area contributed by atoms with Gasteiger partial charge in [-0.1, -0.05) is 0 Å². The van der Waals surface area contributed by atoms with Crippen molar-refractivity contribution >= 4 is 17.7 Å². The van der Waals surface area contributed by atoms with E-state index in [1.807, 2.05) is 37.7 Å². The number of likely N-dealkylation sites (tertiary alicyclic amines) is 1. The number of nitrogens with zero attached hydrogens (tertiary/aromatic N) is 4. The van der Waals surface area contributed by atoms with Crippen molar-refractivity contribution in [2.45, 2.75) is 45.3 Å². The molecule has 1 aliphatic heterocycles. The molecule has 9 nitrogen and oxygen atoms in total. The van der Waals surface area contributed by atoms with Gasteiger partial charge in [0, 0.05) is 31.0 Å². The molecule has 3 heterocycles. The summed E-state index contributed by atoms with van der Waals surface area (Å²) in [6.45, 7) is 6.83. The summed E-state index contributed by atoms with van der Waals surface area (Å²) in [7, 11) is 1.28. The highest BCUT2D eigenvalue weighted by Crippen LogP contribution is 2.26. The first-order chi connectivity index (χ1) is 13.7. The number of anilines is 1. The molecule has 1 amide bonds. The molecule has 156 valence electrons. The number of hydrogen-bond acceptors (Lipinski definition) is 7. The first-order valence-electron chi connectivity index (χ1n) is 9.55. The normalized spacial score (nSPS) is 15.2. The lowest BCUT2D eigenvalue weighted by atomic mass is 10.1. The quantitative estimate of drug-likeness (QED) is 0.787. The van der Waals surface area contributed by atoms with Crippen LogP contribution in [0.1, 0.15) is 50.1 Å². The number of esters is 1. The molecule has 0 spiro atoms. The molecular weight excluding hydrogens is 374 g/mol. The van der Waals surface area contributed by atoms with E-state index in [4.69, 9.17) is 10.5 Å². The van der Waals surface area contributed by atoms with Crippen molar-refractivity contribution in [2.75, 3.05) is 25.9 Å². The molecule has 29 heavy (non-hydrogen) atoms. The molecule has 9 heteroatoms. The molecule has 1 aliphatic rings. The number of hydrogen-bond donors (Lipinski definition) is 1. The molecule has 1 fully saturated rings. The summed E-state index contributed by atoms with van der Waals surface area (Å²) in [5.74, 6) is -0.573. The minimum absolute atomic E-state index is 0.0881. The van der Waals surface area contributed by atoms with Gasteiger partial charge in [0.25, 0.3) is 0 Å². The zero-order valence-electron chi connectivity index (χ0n) is 17.2. The molecule has 2 N–H and O–H groups in total. The maximum Gasteiger partial charge on any atom is 0.410 e. The van der Waals surface area contributed by atoms with Gasteiger partial charge in [-0.2, -0.15) is 5.10 Å². The largest absolute Gasteiger partial charge is 0.464 e. The predicted molar refractivity (Wildman–Crippen MR) is 107 cm³/mol. The van der Waals surface area contributed by atoms with Gasteiger partial charge in [0.1, 0.15) is 5.60 Å². The molecule has 2 aromatic heterocycles. The molecule has 1 saturated heterocycles. The van der Waals surface area contributed by atoms with Gasteiger partial charge in [-0.05, 0) is 45.7 Å². The Morgan fingerprint density at radius 2 is 1.93 bits per heavy atom. The van der Waals surface area contributed by atoms with Gasteiger partial charge in [-0.25, -0.2) is 14.6 Å². The van der Waals surface area contributed by atoms with Gasteiger partial charge in [0.2, 0.25) is 0 Å². The van der Waals surface area contributed by atoms with Crippen molar-refractivity contribution in [3.8, 4) is 11.3 Å². The third-order valence-corrected chi connectivity index (χ3v) is 4.69. The van der Waals surface area contributed by atoms with Crippen LogP contribution in [0.3, 0.4) is 0 Å². The average Bonchev–Trinajstić information content (AvgIpc) is 3.16. The number of pyridine rings is 1. The van der Waals surface area contributed by atoms with Crippen molar-refractivity contribution < 1.29 is 19.1 Å². The smallest absolute Gasteiger partial charge is 0.410 e. The summed E-state index contributed by atoms with van der Waals surface area (Å²) in [6, 6.07) is 3.74. The van der Waals surface area contributed by atoms with E-state index in [2.05, 4.69) is 14.8 Å². The van der Waals surface area contributed by atoms with Gasteiger partial charge in [-0.3, -0.25) is 4.68 Å². The summed E-state index contributed by atoms with van der Waals surface area (Å²) in [6.07, 6.45) is 4.78. The Labute approximate surface area is 169 Å². The Balaban J connectivity index is 1.65. The maximum absolute atomic E-state index is 12.2. The van der Waals surface area contributed by atoms with Crippen LogP contribution in [0, 0.1) is 0 Å². The fourth-order valence-electron chi connectivity index (χ4n) is 3.22. The van der Waals surface area contributed by atoms with Gasteiger partial charge in [0.05, 0.1) is 24.5 Å². The van der Waals surface area contributed by atoms with Gasteiger partial charge in [-0.15, -0.1) is 0 Å². The number of carbonyl (C=O) groups excluding carboxylic acids is 2. The van der Waals surface area contributed by atoms with Crippen LogP contribution in [0.25, 0.3) is 11.3 Å². The summed E-state index contributed by atoms with van der Waals surface area (Å²) in [4.78, 5) is 29.7. The Morgan fingerprint density at radius 3 is 2.52 bits per heavy atom. The molecule has 0 aromatic carbocycles. The standard InChI is InChI=1S/C20H27N5O4/c1-20(2,3)29-19(27)24-8-5-14(6-9-24)25-10-7-16(23-25)13-11-15(21)17(22-12-13)18(26)28-4/h7,10-12,14H,5-6,8-9,21H2,1-4H3. The monoisotopic (exact) mass is 401 g/mol. The number of amides is 1. The predicted octanol–water partition coefficient (Wildman–Crippen LogP) is 2.89. The zero-order valence-corrected chi connectivity index (χ0v) is 17.2. The summed E-state index contributed by atoms with van der Waals surface area (Å²) < 4.78 is 12.0. The maximum atomic E-state index is 12.2. The van der Waals surface area contributed by atoms with E-state index in [0.717, 1.165) is 24.1 Å². The molecule has 0 bridgehead atoms. The second kappa shape index (κ2) is 8.10. The van der Waals surface area contributed by atoms with E-state index in [9.17, 15) is 9.59 Å². The van der Waals surface area contributed by atoms with E-state index in [1.165, 1.54) is 7.11 Å². The number of aromatic nitrogens is 3. The molecule has 0 saturated carbocycles. The van der Waals surface area contributed by atoms with E-state index < -0.39 is 11.6 Å². The van der Waals surface area contributed by atoms with Crippen molar-refractivity contribution in [3.63, 3.8) is 0 Å². The van der Waals surface area contributed by atoms with Crippen molar-refractivity contribution in [2.24, 2.45) is 0 Å². The first kappa shape index (κ1) is 20.6. The van der Waals surface area contributed by atoms with Gasteiger partial charge in [0.15, 0.2) is 5.69 Å². The van der Waals surface area contributed by atoms with E-state index in [1.54, 1.807) is 17.2 Å². The van der Waals surface area contributed by atoms with Crippen molar-refractivity contribution in [1.29, 1.82) is 0 Å². The number of nitrogen functional groups attached to an aromatic ring is 1. The highest BCUT2D eigenvalue weighted by Gasteiger charge is 2.28. The number of rotatable bonds is 3. The van der Waals surface area contributed by atoms with Crippen LogP contribution < -0.4 is 5.73 Å². The van der Waals surface area contributed by atoms with E-state index in [0.29, 0.717) is 13.1 Å². The Kier molecular flexibility index (Phi) is 5.76. The fraction of sp³-hybridized carbons (Fsp3) is 0.500. The van der Waals surface area contributed by atoms with Crippen LogP contribution in [-0.4, -0.2) is 57.5 Å². The second-order valence-electron chi connectivity index (χ2n) is 8.03. The van der Waals surface area contributed by atoms with Crippen LogP contribution in [-0.2, 0) is 9.47 Å². The zero-order chi connectivity index (χ0) is 21.2. The number of ether oxygens (including phenoxy) is 2. The van der Waals surface area contributed by atoms with Crippen LogP contribution in [0.2, 0.25) is 0 Å². The Bertz CT molecular complexity index is 895. The Morgan fingerprint density at radius 1 is 1.24 bits per heavy atom. The van der Waals surface area contributed by atoms with Crippen LogP contribution >= 0.6 is 0 Å². The lowest BCUT2D eigenvalue weighted by Crippen LogP contribution is -2.42. The SMILES string of the molecule is COC(=O)c1ncc(-c2ccn(C3CCN(C(=O)OC(C)(C)C)CC3)n2)cc1N. The number of methoxy groups -OCH3 is 1. The van der Waals surface area contributed by atoms with E-state index in [-0.39, 0.29) is 23.5 Å². The van der Waals surface area contributed by atoms with Crippen molar-refractivity contribution in [3.05, 3.63) is 30.2 Å². The fourth-order valence-corrected chi connectivity index (χ4v) is 3.22. The third-order valence-electron chi connectivity index (χ3n) is 4.69. The summed E-state index contributed by atoms with van der Waals surface area (Å²) in [5.41, 5.74) is 7.20. The number of nitrogens with two attached hydrogens (primary N) is 1. The third kappa shape index (κ3) is 4.85. The number of piperidine rings is 1. The van der Waals surface area contributed by atoms with Crippen LogP contribution in [0.4, 0.5) is 10.5 Å². The topological polar surface area (TPSA) is 113 Å². The summed E-state index contributed by atoms with van der Waals surface area (Å²) in [5, 5.41) is 4.64. The lowest BCUT2D eigenvalue weighted by molar-refractivity contribution is 0.0184. The molecule has 0 unspecified atom stereocenters. The van der Waals surface area contributed by atoms with Crippen molar-refractivity contribution in [1.82, 2.24) is 19.7 Å². The lowest BCUT2D eigenvalue weighted by Gasteiger charge is -2.33. The molecule has 0 radical (unpaired) electrons. The second-order valence-corrected chi connectivity index (χ2v) is 8.03. The minimum atomic E-state index is -0.573. The minimum Gasteiger partial charge on any atom is -0.464 e. The number of carbonyl (C=O) groups is 2. The summed E-state index contributed by atoms with van der Waals surface area (Å²) >= 11 is 0. The van der Waals surface area contributed by atoms with Crippen LogP contribution in [0.15, 0.2) is 24.5 Å². The highest BCUT2D eigenvalue weighted by atomic mass is 16.6. The molecular formula is C20H27N5O4. The Hall–Kier alpha value is -3.10. The molecule has 0 atom stereocenters. The van der Waals surface area contributed by atoms with Gasteiger partial charge < -0.3 is 20.1 Å². The molecule has 3 rings (SSSR count). The molecule has 0 aliphatic carbocycles. The van der Waals surface area contributed by atoms with E-state index >= 15 is 0 Å². The van der Waals surface area contributed by atoms with Gasteiger partial charge >= 0.3 is 12.1 Å².